The van der Waals surface area contributed by atoms with Gasteiger partial charge in [-0.05, 0) is 56.4 Å². The van der Waals surface area contributed by atoms with Gasteiger partial charge in [-0.2, -0.15) is 0 Å². The van der Waals surface area contributed by atoms with E-state index in [1.165, 1.54) is 12.1 Å². The fourth-order valence-corrected chi connectivity index (χ4v) is 4.03. The average molecular weight is 387 g/mol. The summed E-state index contributed by atoms with van der Waals surface area (Å²) in [6.45, 7) is 4.86. The molecule has 144 valence electrons. The van der Waals surface area contributed by atoms with Crippen LogP contribution in [0.15, 0.2) is 59.5 Å². The van der Waals surface area contributed by atoms with Crippen molar-refractivity contribution >= 4 is 15.9 Å². The monoisotopic (exact) mass is 386 g/mol. The van der Waals surface area contributed by atoms with Crippen LogP contribution in [0.5, 0.6) is 0 Å². The number of rotatable bonds is 8. The topological polar surface area (TPSA) is 66.5 Å². The molecule has 0 radical (unpaired) electrons. The molecule has 1 fully saturated rings. The van der Waals surface area contributed by atoms with E-state index in [0.717, 1.165) is 18.4 Å². The van der Waals surface area contributed by atoms with Crippen LogP contribution in [-0.4, -0.2) is 31.8 Å². The molecule has 0 spiro atoms. The fraction of sp³-hybridized carbons (Fsp3) is 0.381. The van der Waals surface area contributed by atoms with Gasteiger partial charge in [0, 0.05) is 24.7 Å². The molecule has 1 N–H and O–H groups in total. The number of nitrogens with zero attached hydrogens (tertiary/aromatic N) is 1. The molecule has 0 aliphatic heterocycles. The smallest absolute Gasteiger partial charge is 0.254 e. The Morgan fingerprint density at radius 1 is 1.11 bits per heavy atom. The molecule has 2 aromatic rings. The zero-order valence-corrected chi connectivity index (χ0v) is 16.6. The predicted molar refractivity (Wildman–Crippen MR) is 106 cm³/mol. The molecule has 0 heterocycles. The summed E-state index contributed by atoms with van der Waals surface area (Å²) in [7, 11) is -3.60. The lowest BCUT2D eigenvalue weighted by molar-refractivity contribution is 0.0690. The molecule has 1 aliphatic carbocycles. The van der Waals surface area contributed by atoms with Crippen LogP contribution in [0.1, 0.15) is 42.6 Å². The number of sulfonamides is 1. The van der Waals surface area contributed by atoms with Crippen molar-refractivity contribution in [2.75, 3.05) is 6.54 Å². The summed E-state index contributed by atoms with van der Waals surface area (Å²) in [5, 5.41) is 0. The van der Waals surface area contributed by atoms with E-state index in [1.807, 2.05) is 44.2 Å². The third kappa shape index (κ3) is 5.17. The zero-order valence-electron chi connectivity index (χ0n) is 15.8. The number of carbonyl (C=O) groups is 1. The summed E-state index contributed by atoms with van der Waals surface area (Å²) in [6, 6.07) is 16.1. The highest BCUT2D eigenvalue weighted by atomic mass is 32.2. The molecule has 1 amide bonds. The van der Waals surface area contributed by atoms with Crippen molar-refractivity contribution in [2.24, 2.45) is 5.92 Å². The van der Waals surface area contributed by atoms with E-state index in [2.05, 4.69) is 4.72 Å². The Morgan fingerprint density at radius 2 is 1.81 bits per heavy atom. The molecule has 0 aromatic heterocycles. The van der Waals surface area contributed by atoms with Gasteiger partial charge in [-0.25, -0.2) is 13.1 Å². The van der Waals surface area contributed by atoms with Crippen molar-refractivity contribution in [3.05, 3.63) is 65.7 Å². The molecule has 5 nitrogen and oxygen atoms in total. The molecule has 3 rings (SSSR count). The van der Waals surface area contributed by atoms with Crippen molar-refractivity contribution in [2.45, 2.75) is 44.2 Å². The van der Waals surface area contributed by atoms with Gasteiger partial charge in [-0.1, -0.05) is 36.4 Å². The van der Waals surface area contributed by atoms with Gasteiger partial charge in [0.05, 0.1) is 4.90 Å². The van der Waals surface area contributed by atoms with Crippen LogP contribution in [0.3, 0.4) is 0 Å². The van der Waals surface area contributed by atoms with E-state index in [-0.39, 0.29) is 16.8 Å². The number of carbonyl (C=O) groups excluding carboxylic acids is 1. The van der Waals surface area contributed by atoms with Crippen LogP contribution in [0.4, 0.5) is 0 Å². The first kappa shape index (κ1) is 19.6. The normalized spacial score (nSPS) is 14.3. The Kier molecular flexibility index (Phi) is 5.97. The van der Waals surface area contributed by atoms with Gasteiger partial charge in [-0.3, -0.25) is 4.79 Å². The number of nitrogens with one attached hydrogen (secondary N) is 1. The molecular formula is C21H26N2O3S. The lowest BCUT2D eigenvalue weighted by atomic mass is 10.1. The zero-order chi connectivity index (χ0) is 19.4. The fourth-order valence-electron chi connectivity index (χ4n) is 2.86. The van der Waals surface area contributed by atoms with Gasteiger partial charge in [-0.15, -0.1) is 0 Å². The van der Waals surface area contributed by atoms with Crippen LogP contribution in [0.25, 0.3) is 0 Å². The summed E-state index contributed by atoms with van der Waals surface area (Å²) in [6.07, 6.45) is 2.15. The lowest BCUT2D eigenvalue weighted by Crippen LogP contribution is -2.36. The predicted octanol–water partition coefficient (Wildman–Crippen LogP) is 3.43. The minimum absolute atomic E-state index is 0.00837. The Labute approximate surface area is 161 Å². The number of amides is 1. The number of hydrogen-bond acceptors (Lipinski definition) is 3. The molecule has 1 saturated carbocycles. The van der Waals surface area contributed by atoms with E-state index in [1.54, 1.807) is 17.0 Å². The maximum atomic E-state index is 13.1. The first-order valence-corrected chi connectivity index (χ1v) is 10.8. The van der Waals surface area contributed by atoms with Crippen molar-refractivity contribution in [3.63, 3.8) is 0 Å². The Bertz CT molecular complexity index is 891. The van der Waals surface area contributed by atoms with E-state index in [0.29, 0.717) is 24.6 Å². The highest BCUT2D eigenvalue weighted by Gasteiger charge is 2.25. The average Bonchev–Trinajstić information content (AvgIpc) is 3.49. The van der Waals surface area contributed by atoms with Crippen LogP contribution >= 0.6 is 0 Å². The molecular weight excluding hydrogens is 360 g/mol. The van der Waals surface area contributed by atoms with Crippen LogP contribution in [0.2, 0.25) is 0 Å². The second-order valence-corrected chi connectivity index (χ2v) is 9.10. The van der Waals surface area contributed by atoms with Gasteiger partial charge < -0.3 is 4.90 Å². The summed E-state index contributed by atoms with van der Waals surface area (Å²) in [5.41, 5.74) is 1.42. The van der Waals surface area contributed by atoms with Gasteiger partial charge in [0.2, 0.25) is 10.0 Å². The molecule has 2 aromatic carbocycles. The van der Waals surface area contributed by atoms with E-state index < -0.39 is 10.0 Å². The highest BCUT2D eigenvalue weighted by Crippen LogP contribution is 2.28. The van der Waals surface area contributed by atoms with Gasteiger partial charge in [0.25, 0.3) is 5.91 Å². The van der Waals surface area contributed by atoms with Crippen molar-refractivity contribution < 1.29 is 13.2 Å². The first-order valence-electron chi connectivity index (χ1n) is 9.31. The van der Waals surface area contributed by atoms with Crippen molar-refractivity contribution in [1.29, 1.82) is 0 Å². The van der Waals surface area contributed by atoms with Gasteiger partial charge in [0.15, 0.2) is 0 Å². The molecule has 1 aliphatic rings. The third-order valence-corrected chi connectivity index (χ3v) is 6.15. The molecule has 0 saturated heterocycles. The van der Waals surface area contributed by atoms with Crippen LogP contribution in [-0.2, 0) is 16.6 Å². The van der Waals surface area contributed by atoms with Crippen LogP contribution < -0.4 is 4.72 Å². The molecule has 0 unspecified atom stereocenters. The Hall–Kier alpha value is -2.18. The summed E-state index contributed by atoms with van der Waals surface area (Å²) in [5.74, 6) is 0.278. The SMILES string of the molecule is CC(C)N(Cc1ccccc1)C(=O)c1cccc(S(=O)(=O)NCC2CC2)c1. The number of benzene rings is 2. The quantitative estimate of drug-likeness (QED) is 0.756. The first-order chi connectivity index (χ1) is 12.9. The van der Waals surface area contributed by atoms with Crippen molar-refractivity contribution in [1.82, 2.24) is 9.62 Å². The minimum Gasteiger partial charge on any atom is -0.332 e. The minimum atomic E-state index is -3.60. The van der Waals surface area contributed by atoms with Crippen LogP contribution in [0, 0.1) is 5.92 Å². The second-order valence-electron chi connectivity index (χ2n) is 7.34. The molecule has 27 heavy (non-hydrogen) atoms. The summed E-state index contributed by atoms with van der Waals surface area (Å²) in [4.78, 5) is 14.9. The summed E-state index contributed by atoms with van der Waals surface area (Å²) >= 11 is 0. The molecule has 0 bridgehead atoms. The highest BCUT2D eigenvalue weighted by molar-refractivity contribution is 7.89. The maximum absolute atomic E-state index is 13.1. The van der Waals surface area contributed by atoms with Crippen molar-refractivity contribution in [3.8, 4) is 0 Å². The Morgan fingerprint density at radius 3 is 2.44 bits per heavy atom. The molecule has 6 heteroatoms. The Balaban J connectivity index is 1.80. The lowest BCUT2D eigenvalue weighted by Gasteiger charge is -2.27. The van der Waals surface area contributed by atoms with E-state index in [4.69, 9.17) is 0 Å². The van der Waals surface area contributed by atoms with Gasteiger partial charge >= 0.3 is 0 Å². The maximum Gasteiger partial charge on any atom is 0.254 e. The van der Waals surface area contributed by atoms with Gasteiger partial charge in [0.1, 0.15) is 0 Å². The largest absolute Gasteiger partial charge is 0.332 e. The third-order valence-electron chi connectivity index (χ3n) is 4.73. The van der Waals surface area contributed by atoms with E-state index >= 15 is 0 Å². The second kappa shape index (κ2) is 8.23. The number of hydrogen-bond donors (Lipinski definition) is 1. The summed E-state index contributed by atoms with van der Waals surface area (Å²) < 4.78 is 27.6. The molecule has 0 atom stereocenters. The van der Waals surface area contributed by atoms with E-state index in [9.17, 15) is 13.2 Å². The standard InChI is InChI=1S/C21H26N2O3S/c1-16(2)23(15-18-7-4-3-5-8-18)21(24)19-9-6-10-20(13-19)27(25,26)22-14-17-11-12-17/h3-10,13,16-17,22H,11-12,14-15H2,1-2H3.